The summed E-state index contributed by atoms with van der Waals surface area (Å²) < 4.78 is 48.1. The first-order chi connectivity index (χ1) is 16.6. The molecule has 1 fully saturated rings. The number of thiocarbonyl (C=S) groups is 1. The largest absolute Gasteiger partial charge is 0.410 e. The summed E-state index contributed by atoms with van der Waals surface area (Å²) in [5, 5.41) is 10.2. The fraction of sp³-hybridized carbons (Fsp3) is 0.522. The second-order valence-corrected chi connectivity index (χ2v) is 9.50. The summed E-state index contributed by atoms with van der Waals surface area (Å²) in [6.07, 6.45) is -2.79. The number of anilines is 1. The number of carbonyl (C=O) groups excluding carboxylic acids is 1. The van der Waals surface area contributed by atoms with Crippen LogP contribution in [0.2, 0.25) is 0 Å². The van der Waals surface area contributed by atoms with Gasteiger partial charge in [0.15, 0.2) is 16.8 Å². The Balaban J connectivity index is 1.44. The third kappa shape index (κ3) is 6.04. The highest BCUT2D eigenvalue weighted by Gasteiger charge is 2.46. The van der Waals surface area contributed by atoms with Crippen LogP contribution in [0, 0.1) is 0 Å². The molecule has 4 N–H and O–H groups in total. The summed E-state index contributed by atoms with van der Waals surface area (Å²) in [6.45, 7) is 5.32. The third-order valence-corrected chi connectivity index (χ3v) is 6.48. The van der Waals surface area contributed by atoms with Gasteiger partial charge in [-0.15, -0.1) is 0 Å². The minimum absolute atomic E-state index is 0.0604. The lowest BCUT2D eigenvalue weighted by atomic mass is 9.94. The van der Waals surface area contributed by atoms with Gasteiger partial charge < -0.3 is 15.4 Å². The Hall–Kier alpha value is -2.86. The highest BCUT2D eigenvalue weighted by molar-refractivity contribution is 7.80. The molecule has 2 aliphatic rings. The third-order valence-electron chi connectivity index (χ3n) is 6.23. The molecule has 0 unspecified atom stereocenters. The predicted molar refractivity (Wildman–Crippen MR) is 129 cm³/mol. The van der Waals surface area contributed by atoms with Crippen LogP contribution >= 0.6 is 12.2 Å². The van der Waals surface area contributed by atoms with E-state index in [1.54, 1.807) is 0 Å². The minimum atomic E-state index is -4.53. The van der Waals surface area contributed by atoms with Crippen molar-refractivity contribution in [1.82, 2.24) is 25.9 Å². The number of ether oxygens (including phenoxy) is 1. The monoisotopic (exact) mass is 510 g/mol. The maximum absolute atomic E-state index is 13.9. The Kier molecular flexibility index (Phi) is 7.50. The number of amides is 1. The van der Waals surface area contributed by atoms with Crippen molar-refractivity contribution in [3.63, 3.8) is 0 Å². The van der Waals surface area contributed by atoms with Crippen LogP contribution < -0.4 is 21.5 Å². The Morgan fingerprint density at radius 3 is 2.66 bits per heavy atom. The van der Waals surface area contributed by atoms with Gasteiger partial charge >= 0.3 is 6.18 Å². The van der Waals surface area contributed by atoms with Crippen molar-refractivity contribution in [3.8, 4) is 0 Å². The smallest absolute Gasteiger partial charge is 0.376 e. The molecule has 35 heavy (non-hydrogen) atoms. The van der Waals surface area contributed by atoms with Gasteiger partial charge in [0.1, 0.15) is 5.82 Å². The number of hydrogen-bond acceptors (Lipinski definition) is 5. The Morgan fingerprint density at radius 1 is 1.29 bits per heavy atom. The van der Waals surface area contributed by atoms with E-state index in [1.165, 1.54) is 6.07 Å². The molecule has 0 saturated carbocycles. The van der Waals surface area contributed by atoms with Crippen molar-refractivity contribution in [3.05, 3.63) is 47.2 Å². The fourth-order valence-corrected chi connectivity index (χ4v) is 4.38. The molecule has 0 aliphatic carbocycles. The number of rotatable bonds is 5. The molecule has 2 aliphatic heterocycles. The SMILES string of the molecule is CC(C)c1ccc([C@@H]2C[C@@H](C(F)(F)F)n3nc(C(=O)NNC(=S)NC[C@H]4CCCO4)cc3N2)cc1. The van der Waals surface area contributed by atoms with Gasteiger partial charge in [-0.25, -0.2) is 4.68 Å². The molecule has 8 nitrogen and oxygen atoms in total. The van der Waals surface area contributed by atoms with Crippen molar-refractivity contribution in [1.29, 1.82) is 0 Å². The lowest BCUT2D eigenvalue weighted by Gasteiger charge is -2.33. The van der Waals surface area contributed by atoms with E-state index in [0.717, 1.165) is 28.7 Å². The van der Waals surface area contributed by atoms with Gasteiger partial charge in [-0.3, -0.25) is 15.6 Å². The van der Waals surface area contributed by atoms with Gasteiger partial charge in [0.25, 0.3) is 5.91 Å². The Labute approximate surface area is 206 Å². The van der Waals surface area contributed by atoms with E-state index < -0.39 is 24.2 Å². The van der Waals surface area contributed by atoms with Gasteiger partial charge in [0.05, 0.1) is 12.1 Å². The molecule has 1 saturated heterocycles. The summed E-state index contributed by atoms with van der Waals surface area (Å²) in [5.74, 6) is -0.254. The van der Waals surface area contributed by atoms with Crippen LogP contribution in [-0.4, -0.2) is 46.2 Å². The van der Waals surface area contributed by atoms with E-state index in [-0.39, 0.29) is 29.1 Å². The number of alkyl halides is 3. The Morgan fingerprint density at radius 2 is 2.03 bits per heavy atom. The lowest BCUT2D eigenvalue weighted by molar-refractivity contribution is -0.173. The zero-order valence-corrected chi connectivity index (χ0v) is 20.3. The molecule has 12 heteroatoms. The standard InChI is InChI=1S/C23H29F3N6O2S/c1-13(2)14-5-7-15(8-6-14)17-10-19(23(24,25)26)32-20(28-17)11-18(31-32)21(33)29-30-22(35)27-12-16-4-3-9-34-16/h5-8,11,13,16-17,19,28H,3-4,9-10,12H2,1-2H3,(H,29,33)(H2,27,30,35)/t16-,17+,19+/m1/s1. The second kappa shape index (κ2) is 10.4. The summed E-state index contributed by atoms with van der Waals surface area (Å²) >= 11 is 5.13. The fourth-order valence-electron chi connectivity index (χ4n) is 4.25. The van der Waals surface area contributed by atoms with Crippen LogP contribution in [-0.2, 0) is 4.74 Å². The summed E-state index contributed by atoms with van der Waals surface area (Å²) in [4.78, 5) is 12.6. The molecular weight excluding hydrogens is 481 g/mol. The van der Waals surface area contributed by atoms with Crippen molar-refractivity contribution >= 4 is 29.1 Å². The van der Waals surface area contributed by atoms with Crippen molar-refractivity contribution in [2.45, 2.75) is 63.4 Å². The van der Waals surface area contributed by atoms with Gasteiger partial charge in [-0.05, 0) is 42.1 Å². The van der Waals surface area contributed by atoms with Gasteiger partial charge in [0, 0.05) is 25.6 Å². The predicted octanol–water partition coefficient (Wildman–Crippen LogP) is 3.95. The molecule has 0 bridgehead atoms. The van der Waals surface area contributed by atoms with E-state index in [4.69, 9.17) is 17.0 Å². The number of hydrazine groups is 1. The quantitative estimate of drug-likeness (QED) is 0.358. The number of nitrogens with zero attached hydrogens (tertiary/aromatic N) is 2. The van der Waals surface area contributed by atoms with Crippen molar-refractivity contribution in [2.75, 3.05) is 18.5 Å². The topological polar surface area (TPSA) is 92.2 Å². The minimum Gasteiger partial charge on any atom is -0.376 e. The van der Waals surface area contributed by atoms with Crippen LogP contribution in [0.4, 0.5) is 19.0 Å². The highest BCUT2D eigenvalue weighted by Crippen LogP contribution is 2.43. The summed E-state index contributed by atoms with van der Waals surface area (Å²) in [5.41, 5.74) is 6.62. The first-order valence-electron chi connectivity index (χ1n) is 11.6. The highest BCUT2D eigenvalue weighted by atomic mass is 32.1. The van der Waals surface area contributed by atoms with Crippen LogP contribution in [0.1, 0.15) is 72.7 Å². The molecule has 1 aromatic heterocycles. The van der Waals surface area contributed by atoms with Crippen molar-refractivity contribution < 1.29 is 22.7 Å². The molecule has 1 aromatic carbocycles. The number of aromatic nitrogens is 2. The molecule has 4 rings (SSSR count). The zero-order valence-electron chi connectivity index (χ0n) is 19.5. The summed E-state index contributed by atoms with van der Waals surface area (Å²) in [7, 11) is 0. The number of benzene rings is 1. The molecular formula is C23H29F3N6O2S. The maximum Gasteiger partial charge on any atom is 0.410 e. The average molecular weight is 511 g/mol. The molecule has 1 amide bonds. The molecule has 0 spiro atoms. The van der Waals surface area contributed by atoms with Gasteiger partial charge in [-0.2, -0.15) is 18.3 Å². The number of fused-ring (bicyclic) bond motifs is 1. The number of carbonyl (C=O) groups is 1. The first kappa shape index (κ1) is 25.2. The zero-order chi connectivity index (χ0) is 25.2. The number of halogens is 3. The van der Waals surface area contributed by atoms with Crippen LogP contribution in [0.15, 0.2) is 30.3 Å². The van der Waals surface area contributed by atoms with E-state index in [2.05, 4.69) is 40.4 Å². The molecule has 2 aromatic rings. The van der Waals surface area contributed by atoms with Crippen LogP contribution in [0.25, 0.3) is 0 Å². The summed E-state index contributed by atoms with van der Waals surface area (Å²) in [6, 6.07) is 6.41. The van der Waals surface area contributed by atoms with E-state index in [1.807, 2.05) is 24.3 Å². The number of hydrogen-bond donors (Lipinski definition) is 4. The van der Waals surface area contributed by atoms with Gasteiger partial charge in [-0.1, -0.05) is 38.1 Å². The van der Waals surface area contributed by atoms with Crippen molar-refractivity contribution in [2.24, 2.45) is 0 Å². The van der Waals surface area contributed by atoms with E-state index >= 15 is 0 Å². The van der Waals surface area contributed by atoms with Crippen LogP contribution in [0.3, 0.4) is 0 Å². The normalized spacial score (nSPS) is 21.8. The lowest BCUT2D eigenvalue weighted by Crippen LogP contribution is -2.48. The second-order valence-electron chi connectivity index (χ2n) is 9.09. The van der Waals surface area contributed by atoms with Crippen LogP contribution in [0.5, 0.6) is 0 Å². The van der Waals surface area contributed by atoms with Gasteiger partial charge in [0.2, 0.25) is 0 Å². The maximum atomic E-state index is 13.9. The first-order valence-corrected chi connectivity index (χ1v) is 12.0. The average Bonchev–Trinajstić information content (AvgIpc) is 3.49. The molecule has 0 radical (unpaired) electrons. The number of nitrogens with one attached hydrogen (secondary N) is 4. The van der Waals surface area contributed by atoms with E-state index in [0.29, 0.717) is 19.1 Å². The molecule has 3 heterocycles. The Bertz CT molecular complexity index is 1050. The molecule has 3 atom stereocenters. The van der Waals surface area contributed by atoms with E-state index in [9.17, 15) is 18.0 Å². The molecule has 190 valence electrons.